The van der Waals surface area contributed by atoms with Gasteiger partial charge in [-0.25, -0.2) is 4.57 Å². The molecule has 0 aliphatic rings. The number of benzene rings is 1. The van der Waals surface area contributed by atoms with Gasteiger partial charge in [0.25, 0.3) is 0 Å². The topological polar surface area (TPSA) is 179 Å². The summed E-state index contributed by atoms with van der Waals surface area (Å²) in [6.45, 7) is -0.563. The first-order chi connectivity index (χ1) is 10.1. The maximum absolute atomic E-state index is 11.5. The second kappa shape index (κ2) is 7.23. The maximum atomic E-state index is 11.5. The number of hydrogen-bond acceptors (Lipinski definition) is 6. The molecule has 1 amide bonds. The summed E-state index contributed by atoms with van der Waals surface area (Å²) in [6, 6.07) is 2.56. The zero-order valence-corrected chi connectivity index (χ0v) is 12.1. The minimum Gasteiger partial charge on any atom is -0.504 e. The van der Waals surface area contributed by atoms with E-state index in [-0.39, 0.29) is 6.42 Å². The number of phosphoric ester groups is 1. The van der Waals surface area contributed by atoms with Crippen LogP contribution in [0.1, 0.15) is 5.56 Å². The number of rotatable bonds is 7. The van der Waals surface area contributed by atoms with Gasteiger partial charge in [0.1, 0.15) is 6.54 Å². The van der Waals surface area contributed by atoms with Gasteiger partial charge in [0, 0.05) is 0 Å². The second-order valence-electron chi connectivity index (χ2n) is 4.31. The molecule has 11 heteroatoms. The molecule has 0 fully saturated rings. The zero-order chi connectivity index (χ0) is 16.9. The van der Waals surface area contributed by atoms with Crippen molar-refractivity contribution < 1.29 is 38.7 Å². The van der Waals surface area contributed by atoms with Crippen LogP contribution in [0.2, 0.25) is 0 Å². The third-order valence-electron chi connectivity index (χ3n) is 2.45. The van der Waals surface area contributed by atoms with Crippen molar-refractivity contribution in [3.8, 4) is 11.5 Å². The molecule has 0 aliphatic heterocycles. The average molecular weight is 334 g/mol. The molecule has 0 saturated heterocycles. The smallest absolute Gasteiger partial charge is 0.504 e. The lowest BCUT2D eigenvalue weighted by Crippen LogP contribution is -2.43. The van der Waals surface area contributed by atoms with Crippen molar-refractivity contribution >= 4 is 19.7 Å². The Kier molecular flexibility index (Phi) is 5.89. The zero-order valence-electron chi connectivity index (χ0n) is 11.2. The van der Waals surface area contributed by atoms with Crippen molar-refractivity contribution in [1.29, 1.82) is 0 Å². The highest BCUT2D eigenvalue weighted by molar-refractivity contribution is 7.46. The SMILES string of the molecule is N[C@@H](Cc1ccc(OP(=O)(O)O)c(O)c1)C(=O)NCC(=O)O. The third-order valence-corrected chi connectivity index (χ3v) is 2.88. The van der Waals surface area contributed by atoms with Crippen LogP contribution in [0.4, 0.5) is 0 Å². The van der Waals surface area contributed by atoms with E-state index in [0.717, 1.165) is 12.1 Å². The van der Waals surface area contributed by atoms with Gasteiger partial charge in [-0.3, -0.25) is 19.4 Å². The molecule has 0 saturated carbocycles. The summed E-state index contributed by atoms with van der Waals surface area (Å²) in [6.07, 6.45) is -0.0186. The first-order valence-electron chi connectivity index (χ1n) is 5.90. The van der Waals surface area contributed by atoms with Crippen LogP contribution in [0.5, 0.6) is 11.5 Å². The number of aromatic hydroxyl groups is 1. The minimum atomic E-state index is -4.80. The number of amides is 1. The van der Waals surface area contributed by atoms with Crippen LogP contribution < -0.4 is 15.6 Å². The Labute approximate surface area is 124 Å². The quantitative estimate of drug-likeness (QED) is 0.339. The number of aliphatic carboxylic acids is 1. The number of hydrogen-bond donors (Lipinski definition) is 6. The number of nitrogens with one attached hydrogen (secondary N) is 1. The Bertz CT molecular complexity index is 614. The molecule has 1 aromatic carbocycles. The summed E-state index contributed by atoms with van der Waals surface area (Å²) < 4.78 is 14.9. The number of carbonyl (C=O) groups is 2. The van der Waals surface area contributed by atoms with Crippen LogP contribution in [0, 0.1) is 0 Å². The number of phenolic OH excluding ortho intramolecular Hbond substituents is 1. The number of phosphoric acid groups is 1. The summed E-state index contributed by atoms with van der Waals surface area (Å²) >= 11 is 0. The molecule has 22 heavy (non-hydrogen) atoms. The largest absolute Gasteiger partial charge is 0.524 e. The van der Waals surface area contributed by atoms with Gasteiger partial charge in [-0.1, -0.05) is 6.07 Å². The van der Waals surface area contributed by atoms with E-state index in [2.05, 4.69) is 9.84 Å². The lowest BCUT2D eigenvalue weighted by molar-refractivity contribution is -0.138. The second-order valence-corrected chi connectivity index (χ2v) is 5.47. The summed E-state index contributed by atoms with van der Waals surface area (Å²) in [5, 5.41) is 20.1. The molecule has 122 valence electrons. The molecule has 0 aliphatic carbocycles. The fraction of sp³-hybridized carbons (Fsp3) is 0.273. The van der Waals surface area contributed by atoms with Crippen LogP contribution in [-0.2, 0) is 20.6 Å². The van der Waals surface area contributed by atoms with E-state index in [1.165, 1.54) is 6.07 Å². The number of carboxylic acids is 1. The van der Waals surface area contributed by atoms with E-state index in [0.29, 0.717) is 5.56 Å². The van der Waals surface area contributed by atoms with E-state index in [1.54, 1.807) is 0 Å². The van der Waals surface area contributed by atoms with Crippen LogP contribution in [0.3, 0.4) is 0 Å². The molecule has 1 rings (SSSR count). The van der Waals surface area contributed by atoms with E-state index in [9.17, 15) is 19.3 Å². The lowest BCUT2D eigenvalue weighted by Gasteiger charge is -2.13. The molecule has 0 spiro atoms. The Morgan fingerprint density at radius 1 is 1.36 bits per heavy atom. The van der Waals surface area contributed by atoms with E-state index >= 15 is 0 Å². The van der Waals surface area contributed by atoms with Crippen LogP contribution >= 0.6 is 7.82 Å². The van der Waals surface area contributed by atoms with Crippen LogP contribution in [0.25, 0.3) is 0 Å². The van der Waals surface area contributed by atoms with E-state index < -0.39 is 43.8 Å². The fourth-order valence-corrected chi connectivity index (χ4v) is 1.95. The normalized spacial score (nSPS) is 12.5. The summed E-state index contributed by atoms with van der Waals surface area (Å²) in [4.78, 5) is 39.1. The molecule has 1 aromatic rings. The highest BCUT2D eigenvalue weighted by Gasteiger charge is 2.20. The molecule has 0 radical (unpaired) electrons. The minimum absolute atomic E-state index is 0.0186. The van der Waals surface area contributed by atoms with Gasteiger partial charge in [-0.15, -0.1) is 0 Å². The van der Waals surface area contributed by atoms with Crippen molar-refractivity contribution in [3.05, 3.63) is 23.8 Å². The van der Waals surface area contributed by atoms with Crippen molar-refractivity contribution in [2.45, 2.75) is 12.5 Å². The molecule has 7 N–H and O–H groups in total. The molecular formula is C11H15N2O8P. The fourth-order valence-electron chi connectivity index (χ4n) is 1.54. The highest BCUT2D eigenvalue weighted by Crippen LogP contribution is 2.41. The van der Waals surface area contributed by atoms with Gasteiger partial charge in [0.15, 0.2) is 11.5 Å². The summed E-state index contributed by atoms with van der Waals surface area (Å²) in [5.41, 5.74) is 5.98. The lowest BCUT2D eigenvalue weighted by atomic mass is 10.1. The van der Waals surface area contributed by atoms with Gasteiger partial charge < -0.3 is 25.8 Å². The van der Waals surface area contributed by atoms with E-state index in [1.807, 2.05) is 0 Å². The molecule has 0 bridgehead atoms. The molecular weight excluding hydrogens is 319 g/mol. The van der Waals surface area contributed by atoms with Gasteiger partial charge >= 0.3 is 13.8 Å². The predicted molar refractivity (Wildman–Crippen MR) is 73.1 cm³/mol. The monoisotopic (exact) mass is 334 g/mol. The van der Waals surface area contributed by atoms with Gasteiger partial charge in [-0.2, -0.15) is 0 Å². The molecule has 0 unspecified atom stereocenters. The highest BCUT2D eigenvalue weighted by atomic mass is 31.2. The van der Waals surface area contributed by atoms with Crippen LogP contribution in [-0.4, -0.2) is 44.5 Å². The number of carboxylic acid groups (broad SMARTS) is 1. The number of nitrogens with two attached hydrogens (primary N) is 1. The molecule has 1 atom stereocenters. The van der Waals surface area contributed by atoms with Crippen molar-refractivity contribution in [2.24, 2.45) is 5.73 Å². The predicted octanol–water partition coefficient (Wildman–Crippen LogP) is -1.07. The molecule has 10 nitrogen and oxygen atoms in total. The van der Waals surface area contributed by atoms with E-state index in [4.69, 9.17) is 20.6 Å². The van der Waals surface area contributed by atoms with Crippen LogP contribution in [0.15, 0.2) is 18.2 Å². The summed E-state index contributed by atoms with van der Waals surface area (Å²) in [7, 11) is -4.80. The average Bonchev–Trinajstić information content (AvgIpc) is 2.37. The first kappa shape index (κ1) is 17.9. The first-order valence-corrected chi connectivity index (χ1v) is 7.43. The Morgan fingerprint density at radius 3 is 2.50 bits per heavy atom. The van der Waals surface area contributed by atoms with Crippen molar-refractivity contribution in [2.75, 3.05) is 6.54 Å². The Hall–Kier alpha value is -2.13. The molecule has 0 aromatic heterocycles. The van der Waals surface area contributed by atoms with Gasteiger partial charge in [0.2, 0.25) is 5.91 Å². The third kappa shape index (κ3) is 6.10. The Balaban J connectivity index is 2.70. The summed E-state index contributed by atoms with van der Waals surface area (Å²) in [5.74, 6) is -2.84. The maximum Gasteiger partial charge on any atom is 0.524 e. The number of carbonyl (C=O) groups excluding carboxylic acids is 1. The van der Waals surface area contributed by atoms with Gasteiger partial charge in [-0.05, 0) is 24.1 Å². The van der Waals surface area contributed by atoms with Crippen molar-refractivity contribution in [3.63, 3.8) is 0 Å². The molecule has 0 heterocycles. The van der Waals surface area contributed by atoms with Crippen molar-refractivity contribution in [1.82, 2.24) is 5.32 Å². The van der Waals surface area contributed by atoms with Gasteiger partial charge in [0.05, 0.1) is 6.04 Å². The number of phenols is 1. The standard InChI is InChI=1S/C11H15N2O8P/c12-7(11(17)13-5-10(15)16)3-6-1-2-9(8(14)4-6)21-22(18,19)20/h1-2,4,7,14H,3,5,12H2,(H,13,17)(H,15,16)(H2,18,19,20)/t7-/m0/s1. The Morgan fingerprint density at radius 2 is 2.00 bits per heavy atom.